The molecular weight excluding hydrogens is 306 g/mol. The minimum absolute atomic E-state index is 0.624. The predicted octanol–water partition coefficient (Wildman–Crippen LogP) is 4.00. The molecule has 4 nitrogen and oxygen atoms in total. The second kappa shape index (κ2) is 6.87. The third-order valence-electron chi connectivity index (χ3n) is 3.57. The molecule has 23 heavy (non-hydrogen) atoms. The van der Waals surface area contributed by atoms with Gasteiger partial charge in [-0.3, -0.25) is 0 Å². The van der Waals surface area contributed by atoms with E-state index in [1.807, 2.05) is 24.3 Å². The second-order valence-corrected chi connectivity index (χ2v) is 6.29. The molecule has 0 bridgehead atoms. The van der Waals surface area contributed by atoms with E-state index in [1.54, 1.807) is 18.9 Å². The van der Waals surface area contributed by atoms with Crippen molar-refractivity contribution in [1.29, 1.82) is 0 Å². The Morgan fingerprint density at radius 1 is 1.00 bits per heavy atom. The summed E-state index contributed by atoms with van der Waals surface area (Å²) < 4.78 is 5.41. The fourth-order valence-electron chi connectivity index (χ4n) is 2.46. The van der Waals surface area contributed by atoms with Crippen molar-refractivity contribution in [2.75, 3.05) is 26.1 Å². The number of anilines is 1. The van der Waals surface area contributed by atoms with Crippen LogP contribution in [0.15, 0.2) is 53.7 Å². The number of benzene rings is 2. The van der Waals surface area contributed by atoms with Crippen molar-refractivity contribution in [3.8, 4) is 5.88 Å². The Balaban J connectivity index is 1.88. The quantitative estimate of drug-likeness (QED) is 0.524. The Hall–Kier alpha value is -2.27. The molecule has 0 N–H and O–H groups in total. The number of nitrogens with zero attached hydrogens (tertiary/aromatic N) is 3. The van der Waals surface area contributed by atoms with Gasteiger partial charge in [0.15, 0.2) is 5.16 Å². The normalized spacial score (nSPS) is 10.7. The molecule has 1 aromatic heterocycles. The van der Waals surface area contributed by atoms with Crippen molar-refractivity contribution in [3.05, 3.63) is 54.1 Å². The van der Waals surface area contributed by atoms with E-state index in [4.69, 9.17) is 4.74 Å². The third kappa shape index (κ3) is 3.40. The number of hydrogen-bond donors (Lipinski definition) is 0. The number of para-hydroxylation sites is 2. The first-order valence-corrected chi connectivity index (χ1v) is 8.36. The van der Waals surface area contributed by atoms with Gasteiger partial charge in [-0.2, -0.15) is 4.98 Å². The number of rotatable bonds is 5. The summed E-state index contributed by atoms with van der Waals surface area (Å²) in [7, 11) is 5.75. The SMILES string of the molecule is COc1nc(SCc2ccccc2N(C)C)nc2ccccc12. The fraction of sp³-hybridized carbons (Fsp3) is 0.222. The Morgan fingerprint density at radius 3 is 2.52 bits per heavy atom. The molecule has 0 unspecified atom stereocenters. The summed E-state index contributed by atoms with van der Waals surface area (Å²) in [4.78, 5) is 11.3. The van der Waals surface area contributed by atoms with Gasteiger partial charge in [-0.25, -0.2) is 4.98 Å². The van der Waals surface area contributed by atoms with E-state index in [9.17, 15) is 0 Å². The van der Waals surface area contributed by atoms with Crippen LogP contribution in [0.25, 0.3) is 10.9 Å². The molecule has 0 spiro atoms. The molecule has 0 saturated heterocycles. The molecule has 0 fully saturated rings. The highest BCUT2D eigenvalue weighted by Gasteiger charge is 2.10. The largest absolute Gasteiger partial charge is 0.480 e. The summed E-state index contributed by atoms with van der Waals surface area (Å²) in [6, 6.07) is 16.3. The number of aromatic nitrogens is 2. The molecule has 5 heteroatoms. The van der Waals surface area contributed by atoms with E-state index >= 15 is 0 Å². The molecule has 0 aliphatic heterocycles. The fourth-order valence-corrected chi connectivity index (χ4v) is 3.30. The maximum Gasteiger partial charge on any atom is 0.225 e. The average Bonchev–Trinajstić information content (AvgIpc) is 2.59. The van der Waals surface area contributed by atoms with Gasteiger partial charge in [-0.15, -0.1) is 0 Å². The maximum absolute atomic E-state index is 5.41. The first-order chi connectivity index (χ1) is 11.2. The summed E-state index contributed by atoms with van der Waals surface area (Å²) in [5, 5.41) is 1.67. The van der Waals surface area contributed by atoms with Crippen LogP contribution in [0.5, 0.6) is 5.88 Å². The summed E-state index contributed by atoms with van der Waals surface area (Å²) in [5.74, 6) is 1.44. The molecule has 118 valence electrons. The van der Waals surface area contributed by atoms with E-state index in [0.717, 1.165) is 21.8 Å². The number of fused-ring (bicyclic) bond motifs is 1. The van der Waals surface area contributed by atoms with Crippen LogP contribution < -0.4 is 9.64 Å². The topological polar surface area (TPSA) is 38.2 Å². The van der Waals surface area contributed by atoms with Crippen LogP contribution in [0.4, 0.5) is 5.69 Å². The van der Waals surface area contributed by atoms with Gasteiger partial charge in [-0.05, 0) is 23.8 Å². The first kappa shape index (κ1) is 15.6. The summed E-state index contributed by atoms with van der Waals surface area (Å²) >= 11 is 1.62. The van der Waals surface area contributed by atoms with E-state index in [1.165, 1.54) is 11.3 Å². The molecule has 0 atom stereocenters. The molecule has 0 aliphatic carbocycles. The van der Waals surface area contributed by atoms with Crippen molar-refractivity contribution in [2.24, 2.45) is 0 Å². The first-order valence-electron chi connectivity index (χ1n) is 7.38. The molecule has 1 heterocycles. The maximum atomic E-state index is 5.41. The zero-order chi connectivity index (χ0) is 16.2. The Kier molecular flexibility index (Phi) is 4.67. The highest BCUT2D eigenvalue weighted by molar-refractivity contribution is 7.98. The number of methoxy groups -OCH3 is 1. The highest BCUT2D eigenvalue weighted by atomic mass is 32.2. The zero-order valence-electron chi connectivity index (χ0n) is 13.5. The lowest BCUT2D eigenvalue weighted by molar-refractivity contribution is 0.398. The average molecular weight is 325 g/mol. The van der Waals surface area contributed by atoms with Crippen molar-refractivity contribution in [3.63, 3.8) is 0 Å². The Labute approximate surface area is 140 Å². The summed E-state index contributed by atoms with van der Waals surface area (Å²) in [6.07, 6.45) is 0. The van der Waals surface area contributed by atoms with Crippen molar-refractivity contribution >= 4 is 28.4 Å². The minimum Gasteiger partial charge on any atom is -0.480 e. The lowest BCUT2D eigenvalue weighted by Gasteiger charge is -2.17. The van der Waals surface area contributed by atoms with Gasteiger partial charge in [0.05, 0.1) is 18.0 Å². The third-order valence-corrected chi connectivity index (χ3v) is 4.47. The van der Waals surface area contributed by atoms with Crippen LogP contribution in [0.3, 0.4) is 0 Å². The van der Waals surface area contributed by atoms with Crippen LogP contribution >= 0.6 is 11.8 Å². The van der Waals surface area contributed by atoms with E-state index in [-0.39, 0.29) is 0 Å². The smallest absolute Gasteiger partial charge is 0.225 e. The lowest BCUT2D eigenvalue weighted by atomic mass is 10.2. The van der Waals surface area contributed by atoms with Crippen molar-refractivity contribution in [2.45, 2.75) is 10.9 Å². The molecule has 3 rings (SSSR count). The van der Waals surface area contributed by atoms with E-state index < -0.39 is 0 Å². The van der Waals surface area contributed by atoms with E-state index in [2.05, 4.69) is 53.2 Å². The molecule has 0 amide bonds. The molecule has 3 aromatic rings. The molecule has 0 radical (unpaired) electrons. The van der Waals surface area contributed by atoms with Gasteiger partial charge in [0.1, 0.15) is 0 Å². The minimum atomic E-state index is 0.624. The molecule has 2 aromatic carbocycles. The number of thioether (sulfide) groups is 1. The summed E-state index contributed by atoms with van der Waals surface area (Å²) in [5.41, 5.74) is 3.38. The number of ether oxygens (including phenoxy) is 1. The van der Waals surface area contributed by atoms with Crippen molar-refractivity contribution < 1.29 is 4.74 Å². The second-order valence-electron chi connectivity index (χ2n) is 5.34. The molecule has 0 saturated carbocycles. The standard InChI is InChI=1S/C18H19N3OS/c1-21(2)16-11-7-4-8-13(16)12-23-18-19-15-10-6-5-9-14(15)17(20-18)22-3/h4-11H,12H2,1-3H3. The van der Waals surface area contributed by atoms with Crippen LogP contribution in [0.2, 0.25) is 0 Å². The Morgan fingerprint density at radius 2 is 1.74 bits per heavy atom. The van der Waals surface area contributed by atoms with Gasteiger partial charge in [0, 0.05) is 25.5 Å². The molecule has 0 aliphatic rings. The zero-order valence-corrected chi connectivity index (χ0v) is 14.3. The van der Waals surface area contributed by atoms with Crippen LogP contribution in [0.1, 0.15) is 5.56 Å². The van der Waals surface area contributed by atoms with E-state index in [0.29, 0.717) is 5.88 Å². The van der Waals surface area contributed by atoms with Gasteiger partial charge >= 0.3 is 0 Å². The lowest BCUT2D eigenvalue weighted by Crippen LogP contribution is -2.10. The van der Waals surface area contributed by atoms with Gasteiger partial charge < -0.3 is 9.64 Å². The highest BCUT2D eigenvalue weighted by Crippen LogP contribution is 2.29. The monoisotopic (exact) mass is 325 g/mol. The summed E-state index contributed by atoms with van der Waals surface area (Å²) in [6.45, 7) is 0. The predicted molar refractivity (Wildman–Crippen MR) is 96.4 cm³/mol. The number of hydrogen-bond acceptors (Lipinski definition) is 5. The van der Waals surface area contributed by atoms with Gasteiger partial charge in [-0.1, -0.05) is 42.1 Å². The van der Waals surface area contributed by atoms with Gasteiger partial charge in [0.25, 0.3) is 0 Å². The van der Waals surface area contributed by atoms with Crippen LogP contribution in [0, 0.1) is 0 Å². The van der Waals surface area contributed by atoms with Gasteiger partial charge in [0.2, 0.25) is 5.88 Å². The Bertz CT molecular complexity index is 820. The molecular formula is C18H19N3OS. The van der Waals surface area contributed by atoms with Crippen LogP contribution in [-0.4, -0.2) is 31.2 Å². The van der Waals surface area contributed by atoms with Crippen LogP contribution in [-0.2, 0) is 5.75 Å². The van der Waals surface area contributed by atoms with Crippen molar-refractivity contribution in [1.82, 2.24) is 9.97 Å².